The molecule has 0 saturated heterocycles. The van der Waals surface area contributed by atoms with Gasteiger partial charge in [0.1, 0.15) is 11.4 Å². The third-order valence-electron chi connectivity index (χ3n) is 4.11. The number of fused-ring (bicyclic) bond motifs is 1. The van der Waals surface area contributed by atoms with Crippen LogP contribution in [0.2, 0.25) is 0 Å². The van der Waals surface area contributed by atoms with Gasteiger partial charge >= 0.3 is 0 Å². The topological polar surface area (TPSA) is 92.3 Å². The predicted octanol–water partition coefficient (Wildman–Crippen LogP) is 2.92. The van der Waals surface area contributed by atoms with Gasteiger partial charge in [-0.3, -0.25) is 4.79 Å². The van der Waals surface area contributed by atoms with E-state index in [1.165, 1.54) is 44.3 Å². The van der Waals surface area contributed by atoms with Crippen molar-refractivity contribution in [3.05, 3.63) is 54.4 Å². The van der Waals surface area contributed by atoms with E-state index in [-0.39, 0.29) is 16.6 Å². The molecule has 1 aromatic heterocycles. The van der Waals surface area contributed by atoms with Gasteiger partial charge in [0.15, 0.2) is 0 Å². The summed E-state index contributed by atoms with van der Waals surface area (Å²) < 4.78 is 25.8. The number of nitrogens with zero attached hydrogens (tertiary/aromatic N) is 3. The number of nitrogens with one attached hydrogen (secondary N) is 1. The summed E-state index contributed by atoms with van der Waals surface area (Å²) >= 11 is 1.31. The molecular weight excluding hydrogens is 396 g/mol. The van der Waals surface area contributed by atoms with Crippen LogP contribution in [0.25, 0.3) is 10.9 Å². The number of rotatable bonds is 6. The lowest BCUT2D eigenvalue weighted by molar-refractivity contribution is -0.113. The van der Waals surface area contributed by atoms with Gasteiger partial charge in [0.2, 0.25) is 15.9 Å². The normalized spacial score (nSPS) is 11.7. The molecule has 0 saturated carbocycles. The Morgan fingerprint density at radius 2 is 1.89 bits per heavy atom. The molecule has 1 N–H and O–H groups in total. The molecule has 0 bridgehead atoms. The Kier molecular flexibility index (Phi) is 5.97. The Hall–Kier alpha value is -2.49. The van der Waals surface area contributed by atoms with Gasteiger partial charge in [0, 0.05) is 25.2 Å². The van der Waals surface area contributed by atoms with Crippen LogP contribution in [0.1, 0.15) is 5.56 Å². The highest BCUT2D eigenvalue weighted by Crippen LogP contribution is 2.25. The van der Waals surface area contributed by atoms with E-state index in [2.05, 4.69) is 15.3 Å². The molecule has 7 nitrogen and oxygen atoms in total. The monoisotopic (exact) mass is 416 g/mol. The fraction of sp³-hybridized carbons (Fsp3) is 0.211. The molecule has 0 aliphatic heterocycles. The van der Waals surface area contributed by atoms with E-state index in [9.17, 15) is 13.2 Å². The first kappa shape index (κ1) is 20.2. The minimum absolute atomic E-state index is 0.132. The molecule has 0 spiro atoms. The second-order valence-electron chi connectivity index (χ2n) is 6.30. The van der Waals surface area contributed by atoms with Crippen molar-refractivity contribution >= 4 is 44.3 Å². The Bertz CT molecular complexity index is 1130. The van der Waals surface area contributed by atoms with Crippen LogP contribution in [-0.4, -0.2) is 48.4 Å². The third-order valence-corrected chi connectivity index (χ3v) is 6.92. The molecule has 0 fully saturated rings. The number of amides is 1. The molecule has 28 heavy (non-hydrogen) atoms. The maximum Gasteiger partial charge on any atom is 0.242 e. The van der Waals surface area contributed by atoms with Crippen LogP contribution < -0.4 is 5.32 Å². The second-order valence-corrected chi connectivity index (χ2v) is 9.41. The number of hydrogen-bond acceptors (Lipinski definition) is 6. The van der Waals surface area contributed by atoms with Crippen LogP contribution in [-0.2, 0) is 14.8 Å². The molecule has 0 aliphatic carbocycles. The first-order chi connectivity index (χ1) is 13.3. The number of aryl methyl sites for hydroxylation is 1. The van der Waals surface area contributed by atoms with Crippen LogP contribution in [0.3, 0.4) is 0 Å². The SMILES string of the molecule is Cc1ccc(S(=O)(=O)N(C)C)cc1NC(=O)CSc1ncnc2ccccc12. The van der Waals surface area contributed by atoms with Gasteiger partial charge in [-0.15, -0.1) is 0 Å². The van der Waals surface area contributed by atoms with Crippen molar-refractivity contribution in [3.8, 4) is 0 Å². The van der Waals surface area contributed by atoms with Crippen molar-refractivity contribution < 1.29 is 13.2 Å². The number of carbonyl (C=O) groups excluding carboxylic acids is 1. The van der Waals surface area contributed by atoms with Crippen LogP contribution in [0.4, 0.5) is 5.69 Å². The van der Waals surface area contributed by atoms with E-state index < -0.39 is 10.0 Å². The summed E-state index contributed by atoms with van der Waals surface area (Å²) in [6.45, 7) is 1.81. The first-order valence-electron chi connectivity index (χ1n) is 8.44. The van der Waals surface area contributed by atoms with Gasteiger partial charge in [0.25, 0.3) is 0 Å². The minimum Gasteiger partial charge on any atom is -0.325 e. The summed E-state index contributed by atoms with van der Waals surface area (Å²) in [6.07, 6.45) is 1.47. The van der Waals surface area contributed by atoms with Crippen molar-refractivity contribution in [2.45, 2.75) is 16.8 Å². The fourth-order valence-corrected chi connectivity index (χ4v) is 4.24. The van der Waals surface area contributed by atoms with Crippen molar-refractivity contribution in [1.82, 2.24) is 14.3 Å². The second kappa shape index (κ2) is 8.26. The predicted molar refractivity (Wildman–Crippen MR) is 111 cm³/mol. The lowest BCUT2D eigenvalue weighted by Gasteiger charge is -2.14. The summed E-state index contributed by atoms with van der Waals surface area (Å²) in [4.78, 5) is 21.0. The average Bonchev–Trinajstić information content (AvgIpc) is 2.67. The standard InChI is InChI=1S/C19H20N4O3S2/c1-13-8-9-14(28(25,26)23(2)3)10-17(13)22-18(24)11-27-19-15-6-4-5-7-16(15)20-12-21-19/h4-10,12H,11H2,1-3H3,(H,22,24). The van der Waals surface area contributed by atoms with Gasteiger partial charge in [-0.1, -0.05) is 36.0 Å². The zero-order valence-corrected chi connectivity index (χ0v) is 17.3. The molecule has 0 atom stereocenters. The lowest BCUT2D eigenvalue weighted by atomic mass is 10.2. The number of anilines is 1. The van der Waals surface area contributed by atoms with Gasteiger partial charge in [-0.2, -0.15) is 0 Å². The molecule has 146 valence electrons. The van der Waals surface area contributed by atoms with Gasteiger partial charge in [0.05, 0.1) is 16.2 Å². The van der Waals surface area contributed by atoms with Crippen molar-refractivity contribution in [1.29, 1.82) is 0 Å². The Morgan fingerprint density at radius 3 is 2.64 bits per heavy atom. The van der Waals surface area contributed by atoms with Gasteiger partial charge < -0.3 is 5.32 Å². The molecule has 0 unspecified atom stereocenters. The van der Waals surface area contributed by atoms with Gasteiger partial charge in [-0.25, -0.2) is 22.7 Å². The largest absolute Gasteiger partial charge is 0.325 e. The molecule has 2 aromatic carbocycles. The lowest BCUT2D eigenvalue weighted by Crippen LogP contribution is -2.22. The molecule has 1 amide bonds. The first-order valence-corrected chi connectivity index (χ1v) is 10.9. The summed E-state index contributed by atoms with van der Waals surface area (Å²) in [7, 11) is -0.635. The summed E-state index contributed by atoms with van der Waals surface area (Å²) in [5.74, 6) is -0.0966. The maximum absolute atomic E-state index is 12.4. The van der Waals surface area contributed by atoms with E-state index in [4.69, 9.17) is 0 Å². The number of carbonyl (C=O) groups is 1. The number of hydrogen-bond donors (Lipinski definition) is 1. The van der Waals surface area contributed by atoms with E-state index in [0.717, 1.165) is 25.8 Å². The zero-order chi connectivity index (χ0) is 20.3. The number of para-hydroxylation sites is 1. The molecular formula is C19H20N4O3S2. The highest BCUT2D eigenvalue weighted by atomic mass is 32.2. The molecule has 0 radical (unpaired) electrons. The van der Waals surface area contributed by atoms with Crippen LogP contribution in [0.15, 0.2) is 58.7 Å². The Labute approximate surface area is 168 Å². The quantitative estimate of drug-likeness (QED) is 0.491. The number of benzene rings is 2. The highest BCUT2D eigenvalue weighted by Gasteiger charge is 2.19. The molecule has 0 aliphatic rings. The number of aromatic nitrogens is 2. The van der Waals surface area contributed by atoms with Gasteiger partial charge in [-0.05, 0) is 30.7 Å². The smallest absolute Gasteiger partial charge is 0.242 e. The maximum atomic E-state index is 12.4. The van der Waals surface area contributed by atoms with Crippen molar-refractivity contribution in [2.24, 2.45) is 0 Å². The fourth-order valence-electron chi connectivity index (χ4n) is 2.52. The summed E-state index contributed by atoms with van der Waals surface area (Å²) in [5, 5.41) is 4.40. The van der Waals surface area contributed by atoms with E-state index >= 15 is 0 Å². The van der Waals surface area contributed by atoms with Crippen molar-refractivity contribution in [3.63, 3.8) is 0 Å². The van der Waals surface area contributed by atoms with E-state index in [1.54, 1.807) is 6.07 Å². The molecule has 1 heterocycles. The molecule has 3 aromatic rings. The Balaban J connectivity index is 1.75. The summed E-state index contributed by atoms with van der Waals surface area (Å²) in [6, 6.07) is 12.3. The molecule has 9 heteroatoms. The zero-order valence-electron chi connectivity index (χ0n) is 15.7. The van der Waals surface area contributed by atoms with Crippen LogP contribution in [0, 0.1) is 6.92 Å². The van der Waals surface area contributed by atoms with Crippen LogP contribution in [0.5, 0.6) is 0 Å². The highest BCUT2D eigenvalue weighted by molar-refractivity contribution is 8.00. The Morgan fingerprint density at radius 1 is 1.14 bits per heavy atom. The summed E-state index contributed by atoms with van der Waals surface area (Å²) in [5.41, 5.74) is 2.07. The molecule has 3 rings (SSSR count). The van der Waals surface area contributed by atoms with E-state index in [0.29, 0.717) is 5.69 Å². The van der Waals surface area contributed by atoms with Crippen LogP contribution >= 0.6 is 11.8 Å². The minimum atomic E-state index is -3.57. The van der Waals surface area contributed by atoms with E-state index in [1.807, 2.05) is 31.2 Å². The average molecular weight is 417 g/mol. The third kappa shape index (κ3) is 4.32. The van der Waals surface area contributed by atoms with Crippen molar-refractivity contribution in [2.75, 3.05) is 25.2 Å². The number of sulfonamides is 1. The number of thioether (sulfide) groups is 1.